The largest absolute Gasteiger partial charge is 0.497 e. The van der Waals surface area contributed by atoms with Crippen LogP contribution in [0.25, 0.3) is 5.69 Å². The third kappa shape index (κ3) is 4.63. The number of hydrogen-bond donors (Lipinski definition) is 0. The average molecular weight is 421 g/mol. The van der Waals surface area contributed by atoms with Crippen LogP contribution in [0.15, 0.2) is 53.9 Å². The normalized spacial score (nSPS) is 10.7. The van der Waals surface area contributed by atoms with Gasteiger partial charge in [-0.25, -0.2) is 4.39 Å². The van der Waals surface area contributed by atoms with Gasteiger partial charge in [-0.05, 0) is 24.3 Å². The summed E-state index contributed by atoms with van der Waals surface area (Å²) < 4.78 is 20.9. The Bertz CT molecular complexity index is 962. The standard InChI is InChI=1S/C19H18ClFN4O2S/c1-24(10-15-16(20)7-4-8-17(15)21)18(26)11-28-19-23-22-12-25(19)13-5-3-6-14(9-13)27-2/h3-9,12H,10-11H2,1-2H3. The number of amides is 1. The van der Waals surface area contributed by atoms with Crippen molar-refractivity contribution in [3.05, 3.63) is 65.2 Å². The van der Waals surface area contributed by atoms with Gasteiger partial charge in [0.25, 0.3) is 0 Å². The monoisotopic (exact) mass is 420 g/mol. The number of halogens is 2. The van der Waals surface area contributed by atoms with Crippen molar-refractivity contribution in [1.82, 2.24) is 19.7 Å². The lowest BCUT2D eigenvalue weighted by Crippen LogP contribution is -2.28. The van der Waals surface area contributed by atoms with Gasteiger partial charge in [-0.15, -0.1) is 10.2 Å². The van der Waals surface area contributed by atoms with Crippen molar-refractivity contribution in [1.29, 1.82) is 0 Å². The maximum atomic E-state index is 13.9. The highest BCUT2D eigenvalue weighted by Gasteiger charge is 2.16. The van der Waals surface area contributed by atoms with Crippen LogP contribution in [0.2, 0.25) is 5.02 Å². The van der Waals surface area contributed by atoms with Gasteiger partial charge in [-0.1, -0.05) is 35.5 Å². The summed E-state index contributed by atoms with van der Waals surface area (Å²) in [4.78, 5) is 13.9. The highest BCUT2D eigenvalue weighted by Crippen LogP contribution is 2.24. The molecule has 9 heteroatoms. The summed E-state index contributed by atoms with van der Waals surface area (Å²) in [7, 11) is 3.20. The molecule has 0 saturated carbocycles. The Labute approximate surface area is 171 Å². The topological polar surface area (TPSA) is 60.2 Å². The van der Waals surface area contributed by atoms with Crippen LogP contribution < -0.4 is 4.74 Å². The number of rotatable bonds is 7. The van der Waals surface area contributed by atoms with Crippen LogP contribution in [0.5, 0.6) is 5.75 Å². The number of ether oxygens (including phenoxy) is 1. The van der Waals surface area contributed by atoms with E-state index in [4.69, 9.17) is 16.3 Å². The van der Waals surface area contributed by atoms with Crippen LogP contribution >= 0.6 is 23.4 Å². The molecular weight excluding hydrogens is 403 g/mol. The molecule has 0 bridgehead atoms. The van der Waals surface area contributed by atoms with E-state index in [9.17, 15) is 9.18 Å². The molecule has 0 fully saturated rings. The number of hydrogen-bond acceptors (Lipinski definition) is 5. The molecule has 0 aliphatic rings. The van der Waals surface area contributed by atoms with Crippen molar-refractivity contribution in [2.24, 2.45) is 0 Å². The lowest BCUT2D eigenvalue weighted by Gasteiger charge is -2.18. The predicted molar refractivity (Wildman–Crippen MR) is 107 cm³/mol. The van der Waals surface area contributed by atoms with Gasteiger partial charge in [0.2, 0.25) is 5.91 Å². The number of aromatic nitrogens is 3. The maximum Gasteiger partial charge on any atom is 0.233 e. The molecule has 0 N–H and O–H groups in total. The van der Waals surface area contributed by atoms with E-state index in [1.165, 1.54) is 28.8 Å². The van der Waals surface area contributed by atoms with Gasteiger partial charge < -0.3 is 9.64 Å². The molecule has 0 radical (unpaired) electrons. The lowest BCUT2D eigenvalue weighted by atomic mass is 10.2. The summed E-state index contributed by atoms with van der Waals surface area (Å²) in [5, 5.41) is 8.87. The van der Waals surface area contributed by atoms with Crippen LogP contribution in [0, 0.1) is 5.82 Å². The first-order valence-electron chi connectivity index (χ1n) is 8.33. The second-order valence-corrected chi connectivity index (χ2v) is 7.27. The van der Waals surface area contributed by atoms with Gasteiger partial charge in [-0.3, -0.25) is 9.36 Å². The first-order chi connectivity index (χ1) is 13.5. The summed E-state index contributed by atoms with van der Waals surface area (Å²) in [6, 6.07) is 11.9. The van der Waals surface area contributed by atoms with Gasteiger partial charge in [-0.2, -0.15) is 0 Å². The van der Waals surface area contributed by atoms with E-state index in [0.717, 1.165) is 5.69 Å². The van der Waals surface area contributed by atoms with Crippen molar-refractivity contribution >= 4 is 29.3 Å². The molecule has 0 saturated heterocycles. The summed E-state index contributed by atoms with van der Waals surface area (Å²) in [5.74, 6) is 0.229. The van der Waals surface area contributed by atoms with Gasteiger partial charge in [0, 0.05) is 30.2 Å². The number of carbonyl (C=O) groups is 1. The third-order valence-corrected chi connectivity index (χ3v) is 5.34. The Hall–Kier alpha value is -2.58. The fourth-order valence-electron chi connectivity index (χ4n) is 2.51. The van der Waals surface area contributed by atoms with Crippen LogP contribution in [0.1, 0.15) is 5.56 Å². The molecule has 0 aliphatic carbocycles. The van der Waals surface area contributed by atoms with E-state index in [1.54, 1.807) is 31.1 Å². The summed E-state index contributed by atoms with van der Waals surface area (Å²) in [5.41, 5.74) is 1.12. The van der Waals surface area contributed by atoms with Crippen LogP contribution in [-0.4, -0.2) is 45.5 Å². The van der Waals surface area contributed by atoms with E-state index in [-0.39, 0.29) is 18.2 Å². The second kappa shape index (κ2) is 9.07. The molecular formula is C19H18ClFN4O2S. The highest BCUT2D eigenvalue weighted by atomic mass is 35.5. The molecule has 6 nitrogen and oxygen atoms in total. The van der Waals surface area contributed by atoms with Gasteiger partial charge in [0.1, 0.15) is 17.9 Å². The fraction of sp³-hybridized carbons (Fsp3) is 0.211. The zero-order chi connectivity index (χ0) is 20.1. The van der Waals surface area contributed by atoms with Crippen molar-refractivity contribution in [2.75, 3.05) is 19.9 Å². The number of thioether (sulfide) groups is 1. The molecule has 3 aromatic rings. The van der Waals surface area contributed by atoms with E-state index < -0.39 is 5.82 Å². The van der Waals surface area contributed by atoms with Gasteiger partial charge >= 0.3 is 0 Å². The van der Waals surface area contributed by atoms with E-state index in [0.29, 0.717) is 21.5 Å². The molecule has 0 spiro atoms. The highest BCUT2D eigenvalue weighted by molar-refractivity contribution is 7.99. The SMILES string of the molecule is COc1cccc(-n2cnnc2SCC(=O)N(C)Cc2c(F)cccc2Cl)c1. The number of carbonyl (C=O) groups excluding carboxylic acids is 1. The first kappa shape index (κ1) is 20.2. The van der Waals surface area contributed by atoms with Crippen molar-refractivity contribution in [3.8, 4) is 11.4 Å². The summed E-state index contributed by atoms with van der Waals surface area (Å²) in [6.07, 6.45) is 1.57. The van der Waals surface area contributed by atoms with Gasteiger partial charge in [0.05, 0.1) is 18.6 Å². The number of methoxy groups -OCH3 is 1. The Morgan fingerprint density at radius 1 is 1.32 bits per heavy atom. The van der Waals surface area contributed by atoms with Crippen molar-refractivity contribution in [3.63, 3.8) is 0 Å². The predicted octanol–water partition coefficient (Wildman–Crippen LogP) is 3.82. The molecule has 1 amide bonds. The lowest BCUT2D eigenvalue weighted by molar-refractivity contribution is -0.127. The minimum atomic E-state index is -0.433. The molecule has 0 atom stereocenters. The number of benzene rings is 2. The Kier molecular flexibility index (Phi) is 6.53. The Morgan fingerprint density at radius 3 is 2.86 bits per heavy atom. The number of nitrogens with zero attached hydrogens (tertiary/aromatic N) is 4. The first-order valence-corrected chi connectivity index (χ1v) is 9.70. The molecule has 1 aromatic heterocycles. The van der Waals surface area contributed by atoms with Crippen LogP contribution in [0.3, 0.4) is 0 Å². The zero-order valence-electron chi connectivity index (χ0n) is 15.3. The third-order valence-electron chi connectivity index (χ3n) is 4.06. The van der Waals surface area contributed by atoms with Crippen molar-refractivity contribution in [2.45, 2.75) is 11.7 Å². The quantitative estimate of drug-likeness (QED) is 0.544. The molecule has 0 aliphatic heterocycles. The minimum Gasteiger partial charge on any atom is -0.497 e. The molecule has 1 heterocycles. The van der Waals surface area contributed by atoms with E-state index >= 15 is 0 Å². The molecule has 28 heavy (non-hydrogen) atoms. The van der Waals surface area contributed by atoms with Crippen molar-refractivity contribution < 1.29 is 13.9 Å². The molecule has 2 aromatic carbocycles. The van der Waals surface area contributed by atoms with E-state index in [2.05, 4.69) is 10.2 Å². The Morgan fingerprint density at radius 2 is 2.11 bits per heavy atom. The van der Waals surface area contributed by atoms with E-state index in [1.807, 2.05) is 24.3 Å². The van der Waals surface area contributed by atoms with Crippen LogP contribution in [0.4, 0.5) is 4.39 Å². The Balaban J connectivity index is 1.66. The molecule has 3 rings (SSSR count). The summed E-state index contributed by atoms with van der Waals surface area (Å²) >= 11 is 7.28. The smallest absolute Gasteiger partial charge is 0.233 e. The van der Waals surface area contributed by atoms with Crippen LogP contribution in [-0.2, 0) is 11.3 Å². The molecule has 146 valence electrons. The minimum absolute atomic E-state index is 0.0907. The molecule has 0 unspecified atom stereocenters. The van der Waals surface area contributed by atoms with Gasteiger partial charge in [0.15, 0.2) is 5.16 Å². The summed E-state index contributed by atoms with van der Waals surface area (Å²) in [6.45, 7) is 0.0907. The zero-order valence-corrected chi connectivity index (χ0v) is 16.9. The maximum absolute atomic E-state index is 13.9. The fourth-order valence-corrected chi connectivity index (χ4v) is 3.60. The average Bonchev–Trinajstić information content (AvgIpc) is 3.17. The second-order valence-electron chi connectivity index (χ2n) is 5.92.